The Kier molecular flexibility index (Phi) is 6.90. The number of carbonyl (C=O) groups is 1. The lowest BCUT2D eigenvalue weighted by Crippen LogP contribution is -2.48. The summed E-state index contributed by atoms with van der Waals surface area (Å²) in [5, 5.41) is 9.76. The maximum atomic E-state index is 13.8. The molecule has 7 heteroatoms. The first-order chi connectivity index (χ1) is 18.6. The van der Waals surface area contributed by atoms with Crippen molar-refractivity contribution >= 4 is 5.91 Å². The number of ether oxygens (including phenoxy) is 1. The third-order valence-electron chi connectivity index (χ3n) is 8.51. The highest BCUT2D eigenvalue weighted by Crippen LogP contribution is 2.33. The van der Waals surface area contributed by atoms with Crippen LogP contribution in [0.3, 0.4) is 0 Å². The van der Waals surface area contributed by atoms with Crippen LogP contribution in [0.25, 0.3) is 0 Å². The highest BCUT2D eigenvalue weighted by atomic mass is 16.5. The molecule has 4 heterocycles. The molecule has 0 spiro atoms. The van der Waals surface area contributed by atoms with Crippen molar-refractivity contribution in [1.82, 2.24) is 19.4 Å². The monoisotopic (exact) mass is 509 g/mol. The van der Waals surface area contributed by atoms with Gasteiger partial charge in [0, 0.05) is 51.0 Å². The number of imidazole rings is 1. The van der Waals surface area contributed by atoms with Gasteiger partial charge >= 0.3 is 0 Å². The van der Waals surface area contributed by atoms with Crippen molar-refractivity contribution in [3.05, 3.63) is 76.4 Å². The van der Waals surface area contributed by atoms with Crippen molar-refractivity contribution in [3.63, 3.8) is 0 Å². The number of aryl methyl sites for hydroxylation is 2. The van der Waals surface area contributed by atoms with E-state index in [0.717, 1.165) is 66.6 Å². The van der Waals surface area contributed by atoms with E-state index in [0.29, 0.717) is 36.7 Å². The van der Waals surface area contributed by atoms with E-state index < -0.39 is 0 Å². The Labute approximate surface area is 224 Å². The number of hydrogen-bond acceptors (Lipinski definition) is 5. The van der Waals surface area contributed by atoms with Gasteiger partial charge in [-0.15, -0.1) is 0 Å². The normalized spacial score (nSPS) is 18.0. The summed E-state index contributed by atoms with van der Waals surface area (Å²) in [5.74, 6) is 3.00. The summed E-state index contributed by atoms with van der Waals surface area (Å²) in [6.45, 7) is 6.56. The third-order valence-corrected chi connectivity index (χ3v) is 8.51. The number of amides is 1. The lowest BCUT2D eigenvalue weighted by Gasteiger charge is -2.35. The summed E-state index contributed by atoms with van der Waals surface area (Å²) in [6.07, 6.45) is 9.26. The van der Waals surface area contributed by atoms with E-state index in [1.54, 1.807) is 0 Å². The molecule has 4 aliphatic rings. The number of piperazine rings is 1. The van der Waals surface area contributed by atoms with Crippen LogP contribution in [0, 0.1) is 24.2 Å². The molecule has 3 aromatic rings. The van der Waals surface area contributed by atoms with E-state index in [4.69, 9.17) is 4.74 Å². The molecule has 1 aliphatic carbocycles. The summed E-state index contributed by atoms with van der Waals surface area (Å²) >= 11 is 0. The molecule has 2 fully saturated rings. The smallest absolute Gasteiger partial charge is 0.254 e. The van der Waals surface area contributed by atoms with Gasteiger partial charge < -0.3 is 14.2 Å². The quantitative estimate of drug-likeness (QED) is 0.477. The number of nitriles is 1. The zero-order valence-corrected chi connectivity index (χ0v) is 22.2. The number of carbonyl (C=O) groups excluding carboxylic acids is 1. The van der Waals surface area contributed by atoms with Gasteiger partial charge in [0.25, 0.3) is 5.91 Å². The average Bonchev–Trinajstić information content (AvgIpc) is 3.24. The van der Waals surface area contributed by atoms with Crippen LogP contribution in [0.15, 0.2) is 42.6 Å². The van der Waals surface area contributed by atoms with Crippen LogP contribution in [0.2, 0.25) is 0 Å². The fourth-order valence-electron chi connectivity index (χ4n) is 5.92. The fraction of sp³-hybridized carbons (Fsp3) is 0.452. The largest absolute Gasteiger partial charge is 0.456 e. The Bertz CT molecular complexity index is 1380. The minimum atomic E-state index is 0.0796. The summed E-state index contributed by atoms with van der Waals surface area (Å²) in [4.78, 5) is 22.8. The molecule has 196 valence electrons. The van der Waals surface area contributed by atoms with Crippen LogP contribution in [0.1, 0.15) is 70.7 Å². The van der Waals surface area contributed by atoms with Crippen molar-refractivity contribution in [1.29, 1.82) is 5.26 Å². The number of nitrogens with zero attached hydrogens (tertiary/aromatic N) is 5. The molecule has 6 bridgehead atoms. The molecule has 7 rings (SSSR count). The standard InChI is InChI=1S/C31H35N5O2/c1-22-33-19-27-21-34-12-14-35(15-13-34)31(37)29-17-28(11-10-25(29)7-3-6-23-4-2-5-23)38-30-16-24(20-36(22)27)8-9-26(30)18-32/h8-11,16-17,19,23H,2-7,12-15,20-21H2,1H3. The molecule has 1 amide bonds. The van der Waals surface area contributed by atoms with Crippen molar-refractivity contribution in [3.8, 4) is 17.6 Å². The third kappa shape index (κ3) is 5.06. The van der Waals surface area contributed by atoms with Crippen LogP contribution < -0.4 is 4.74 Å². The molecule has 0 radical (unpaired) electrons. The molecule has 0 unspecified atom stereocenters. The maximum Gasteiger partial charge on any atom is 0.254 e. The van der Waals surface area contributed by atoms with Gasteiger partial charge in [-0.2, -0.15) is 5.26 Å². The Morgan fingerprint density at radius 1 is 1.08 bits per heavy atom. The molecular formula is C31H35N5O2. The van der Waals surface area contributed by atoms with Crippen molar-refractivity contribution in [2.75, 3.05) is 26.2 Å². The Morgan fingerprint density at radius 2 is 1.92 bits per heavy atom. The predicted molar refractivity (Wildman–Crippen MR) is 145 cm³/mol. The van der Waals surface area contributed by atoms with Crippen LogP contribution in [0.4, 0.5) is 0 Å². The zero-order valence-electron chi connectivity index (χ0n) is 22.2. The van der Waals surface area contributed by atoms with E-state index in [1.165, 1.54) is 25.7 Å². The predicted octanol–water partition coefficient (Wildman–Crippen LogP) is 5.30. The molecule has 0 atom stereocenters. The van der Waals surface area contributed by atoms with Crippen molar-refractivity contribution in [2.24, 2.45) is 5.92 Å². The van der Waals surface area contributed by atoms with Gasteiger partial charge in [-0.1, -0.05) is 37.8 Å². The van der Waals surface area contributed by atoms with Gasteiger partial charge in [-0.25, -0.2) is 4.98 Å². The molecule has 1 aromatic heterocycles. The van der Waals surface area contributed by atoms with Crippen LogP contribution in [-0.4, -0.2) is 51.4 Å². The maximum absolute atomic E-state index is 13.8. The fourth-order valence-corrected chi connectivity index (χ4v) is 5.92. The first-order valence-electron chi connectivity index (χ1n) is 13.9. The minimum Gasteiger partial charge on any atom is -0.456 e. The molecule has 0 N–H and O–H groups in total. The van der Waals surface area contributed by atoms with E-state index in [-0.39, 0.29) is 5.91 Å². The minimum absolute atomic E-state index is 0.0796. The van der Waals surface area contributed by atoms with Gasteiger partial charge in [0.15, 0.2) is 0 Å². The molecule has 2 aromatic carbocycles. The van der Waals surface area contributed by atoms with Crippen LogP contribution in [-0.2, 0) is 19.5 Å². The molecule has 38 heavy (non-hydrogen) atoms. The van der Waals surface area contributed by atoms with Crippen molar-refractivity contribution in [2.45, 2.75) is 58.5 Å². The highest BCUT2D eigenvalue weighted by Gasteiger charge is 2.26. The Hall–Kier alpha value is -3.63. The first-order valence-corrected chi connectivity index (χ1v) is 13.9. The Balaban J connectivity index is 1.36. The summed E-state index contributed by atoms with van der Waals surface area (Å²) in [6, 6.07) is 13.9. The molecule has 3 aliphatic heterocycles. The second-order valence-electron chi connectivity index (χ2n) is 11.0. The zero-order chi connectivity index (χ0) is 26.1. The lowest BCUT2D eigenvalue weighted by atomic mass is 9.81. The van der Waals surface area contributed by atoms with Gasteiger partial charge in [-0.3, -0.25) is 9.69 Å². The lowest BCUT2D eigenvalue weighted by molar-refractivity contribution is 0.0624. The van der Waals surface area contributed by atoms with Gasteiger partial charge in [0.2, 0.25) is 0 Å². The first kappa shape index (κ1) is 24.7. The molecule has 1 saturated carbocycles. The summed E-state index contributed by atoms with van der Waals surface area (Å²) in [7, 11) is 0. The summed E-state index contributed by atoms with van der Waals surface area (Å²) in [5.41, 5.74) is 4.50. The van der Waals surface area contributed by atoms with E-state index >= 15 is 0 Å². The molecular weight excluding hydrogens is 474 g/mol. The van der Waals surface area contributed by atoms with E-state index in [9.17, 15) is 10.1 Å². The van der Waals surface area contributed by atoms with Crippen LogP contribution in [0.5, 0.6) is 11.5 Å². The SMILES string of the molecule is Cc1ncc2n1Cc1ccc(C#N)c(c1)Oc1ccc(CCCC3CCC3)c(c1)C(=O)N1CCN(CC1)C2. The second kappa shape index (κ2) is 10.6. The van der Waals surface area contributed by atoms with Crippen LogP contribution >= 0.6 is 0 Å². The average molecular weight is 510 g/mol. The van der Waals surface area contributed by atoms with Gasteiger partial charge in [0.1, 0.15) is 23.4 Å². The highest BCUT2D eigenvalue weighted by molar-refractivity contribution is 5.96. The summed E-state index contributed by atoms with van der Waals surface area (Å²) < 4.78 is 8.53. The number of benzene rings is 2. The second-order valence-corrected chi connectivity index (χ2v) is 11.0. The molecule has 1 saturated heterocycles. The van der Waals surface area contributed by atoms with E-state index in [1.807, 2.05) is 48.4 Å². The van der Waals surface area contributed by atoms with Gasteiger partial charge in [0.05, 0.1) is 11.3 Å². The Morgan fingerprint density at radius 3 is 2.68 bits per heavy atom. The van der Waals surface area contributed by atoms with E-state index in [2.05, 4.69) is 26.6 Å². The number of fused-ring (bicyclic) bond motifs is 2. The van der Waals surface area contributed by atoms with Gasteiger partial charge in [-0.05, 0) is 61.1 Å². The number of aromatic nitrogens is 2. The van der Waals surface area contributed by atoms with Crippen molar-refractivity contribution < 1.29 is 9.53 Å². The topological polar surface area (TPSA) is 74.4 Å². The number of hydrogen-bond donors (Lipinski definition) is 0. The molecule has 7 nitrogen and oxygen atoms in total. The number of rotatable bonds is 4.